The molecule has 0 spiro atoms. The molecule has 0 bridgehead atoms. The summed E-state index contributed by atoms with van der Waals surface area (Å²) in [7, 11) is 0. The molecule has 0 radical (unpaired) electrons. The van der Waals surface area contributed by atoms with E-state index in [0.29, 0.717) is 11.4 Å². The molecule has 0 aliphatic heterocycles. The van der Waals surface area contributed by atoms with Crippen LogP contribution in [-0.4, -0.2) is 14.5 Å². The van der Waals surface area contributed by atoms with Crippen molar-refractivity contribution in [3.05, 3.63) is 164 Å². The average molecular weight is 638 g/mol. The van der Waals surface area contributed by atoms with Gasteiger partial charge in [-0.05, 0) is 75.1 Å². The summed E-state index contributed by atoms with van der Waals surface area (Å²) in [6, 6.07) is 57.8. The van der Waals surface area contributed by atoms with Crippen LogP contribution < -0.4 is 0 Å². The first-order valence-electron chi connectivity index (χ1n) is 16.9. The van der Waals surface area contributed by atoms with Gasteiger partial charge in [0.25, 0.3) is 0 Å². The van der Waals surface area contributed by atoms with Gasteiger partial charge in [0.05, 0.1) is 11.0 Å². The highest BCUT2D eigenvalue weighted by molar-refractivity contribution is 6.35. The van der Waals surface area contributed by atoms with Crippen molar-refractivity contribution in [3.8, 4) is 39.5 Å². The lowest BCUT2D eigenvalue weighted by Crippen LogP contribution is -1.93. The van der Waals surface area contributed by atoms with Gasteiger partial charge in [0, 0.05) is 33.0 Å². The monoisotopic (exact) mass is 637 g/mol. The van der Waals surface area contributed by atoms with Crippen LogP contribution in [-0.2, 0) is 0 Å². The molecule has 0 atom stereocenters. The fraction of sp³-hybridized carbons (Fsp3) is 0. The van der Waals surface area contributed by atoms with Crippen LogP contribution in [0.1, 0.15) is 0 Å². The second-order valence-electron chi connectivity index (χ2n) is 13.0. The van der Waals surface area contributed by atoms with Gasteiger partial charge in [-0.25, -0.2) is 9.97 Å². The Labute approximate surface area is 286 Å². The molecule has 0 aliphatic rings. The molecular weight excluding hydrogens is 611 g/mol. The summed E-state index contributed by atoms with van der Waals surface area (Å²) in [4.78, 5) is 10.2. The quantitative estimate of drug-likeness (QED) is 0.180. The van der Waals surface area contributed by atoms with Crippen LogP contribution in [0.5, 0.6) is 0 Å². The van der Waals surface area contributed by atoms with E-state index < -0.39 is 0 Å². The fourth-order valence-electron chi connectivity index (χ4n) is 7.93. The minimum absolute atomic E-state index is 0.677. The number of fused-ring (bicyclic) bond motifs is 6. The van der Waals surface area contributed by atoms with Crippen LogP contribution >= 0.6 is 0 Å². The zero-order valence-electron chi connectivity index (χ0n) is 26.8. The SMILES string of the molecule is c1ccc(-c2nc(-c3ccccc3)c3oc4ccc(-c5cc6c7ccccc7c7cccc8c7c6c(c5)n8-c5ccccc5)cc4c3n2)cc1. The Hall–Kier alpha value is -6.78. The van der Waals surface area contributed by atoms with Gasteiger partial charge in [0.15, 0.2) is 11.4 Å². The zero-order valence-corrected chi connectivity index (χ0v) is 26.8. The van der Waals surface area contributed by atoms with E-state index in [9.17, 15) is 0 Å². The van der Waals surface area contributed by atoms with Crippen LogP contribution in [0.4, 0.5) is 0 Å². The number of benzene rings is 8. The van der Waals surface area contributed by atoms with E-state index in [1.807, 2.05) is 36.4 Å². The first kappa shape index (κ1) is 27.2. The van der Waals surface area contributed by atoms with E-state index >= 15 is 0 Å². The van der Waals surface area contributed by atoms with Crippen molar-refractivity contribution in [2.24, 2.45) is 0 Å². The highest BCUT2D eigenvalue weighted by atomic mass is 16.3. The van der Waals surface area contributed by atoms with Crippen LogP contribution in [0.15, 0.2) is 168 Å². The van der Waals surface area contributed by atoms with Gasteiger partial charge < -0.3 is 8.98 Å². The summed E-state index contributed by atoms with van der Waals surface area (Å²) >= 11 is 0. The van der Waals surface area contributed by atoms with Gasteiger partial charge in [-0.2, -0.15) is 0 Å². The molecule has 0 amide bonds. The average Bonchev–Trinajstić information content (AvgIpc) is 3.73. The second kappa shape index (κ2) is 10.4. The highest BCUT2D eigenvalue weighted by Crippen LogP contribution is 2.46. The number of para-hydroxylation sites is 1. The number of hydrogen-bond acceptors (Lipinski definition) is 3. The van der Waals surface area contributed by atoms with Crippen molar-refractivity contribution in [3.63, 3.8) is 0 Å². The molecule has 11 aromatic rings. The number of nitrogens with zero attached hydrogens (tertiary/aromatic N) is 3. The van der Waals surface area contributed by atoms with Gasteiger partial charge >= 0.3 is 0 Å². The number of rotatable bonds is 4. The lowest BCUT2D eigenvalue weighted by atomic mass is 9.92. The molecule has 4 heteroatoms. The normalized spacial score (nSPS) is 12.0. The van der Waals surface area contributed by atoms with Crippen LogP contribution in [0.2, 0.25) is 0 Å². The van der Waals surface area contributed by atoms with Crippen LogP contribution in [0.3, 0.4) is 0 Å². The highest BCUT2D eigenvalue weighted by Gasteiger charge is 2.22. The Morgan fingerprint density at radius 2 is 1.06 bits per heavy atom. The molecule has 0 saturated carbocycles. The maximum Gasteiger partial charge on any atom is 0.180 e. The van der Waals surface area contributed by atoms with Crippen molar-refractivity contribution in [2.75, 3.05) is 0 Å². The Balaban J connectivity index is 1.22. The molecule has 11 rings (SSSR count). The molecule has 0 unspecified atom stereocenters. The van der Waals surface area contributed by atoms with Crippen LogP contribution in [0.25, 0.3) is 105 Å². The maximum atomic E-state index is 6.58. The fourth-order valence-corrected chi connectivity index (χ4v) is 7.93. The van der Waals surface area contributed by atoms with Crippen molar-refractivity contribution in [1.82, 2.24) is 14.5 Å². The Bertz CT molecular complexity index is 3070. The van der Waals surface area contributed by atoms with Crippen molar-refractivity contribution < 1.29 is 4.42 Å². The molecule has 0 fully saturated rings. The Morgan fingerprint density at radius 3 is 1.84 bits per heavy atom. The largest absolute Gasteiger partial charge is 0.452 e. The summed E-state index contributed by atoms with van der Waals surface area (Å²) in [5, 5.41) is 8.63. The molecule has 3 aromatic heterocycles. The first-order chi connectivity index (χ1) is 24.8. The molecule has 4 nitrogen and oxygen atoms in total. The van der Waals surface area contributed by atoms with Gasteiger partial charge in [-0.1, -0.05) is 121 Å². The minimum atomic E-state index is 0.677. The standard InChI is InChI=1S/C46H27N3O/c1-4-13-28(14-5-1)43-45-44(48-46(47-43)29-15-6-2-7-16-29)37-25-30(23-24-40(37)50-45)31-26-36-34-20-11-10-19-33(34)35-21-12-22-38-41(35)42(36)39(27-31)49(38)32-17-8-3-9-18-32/h1-27H. The smallest absolute Gasteiger partial charge is 0.180 e. The van der Waals surface area contributed by atoms with E-state index in [1.54, 1.807) is 0 Å². The van der Waals surface area contributed by atoms with Gasteiger partial charge in [0.1, 0.15) is 16.8 Å². The molecule has 3 heterocycles. The molecular formula is C46H27N3O. The van der Waals surface area contributed by atoms with E-state index in [1.165, 1.54) is 43.4 Å². The first-order valence-corrected chi connectivity index (χ1v) is 16.9. The summed E-state index contributed by atoms with van der Waals surface area (Å²) in [6.07, 6.45) is 0. The van der Waals surface area contributed by atoms with Crippen molar-refractivity contribution in [1.29, 1.82) is 0 Å². The molecule has 0 aliphatic carbocycles. The lowest BCUT2D eigenvalue weighted by molar-refractivity contribution is 0.667. The zero-order chi connectivity index (χ0) is 32.8. The van der Waals surface area contributed by atoms with Crippen LogP contribution in [0, 0.1) is 0 Å². The molecule has 0 N–H and O–H groups in total. The summed E-state index contributed by atoms with van der Waals surface area (Å²) in [5.74, 6) is 0.677. The summed E-state index contributed by atoms with van der Waals surface area (Å²) < 4.78 is 9.00. The van der Waals surface area contributed by atoms with E-state index in [0.717, 1.165) is 50.1 Å². The Kier molecular flexibility index (Phi) is 5.63. The van der Waals surface area contributed by atoms with Gasteiger partial charge in [-0.3, -0.25) is 0 Å². The topological polar surface area (TPSA) is 43.9 Å². The molecule has 50 heavy (non-hydrogen) atoms. The van der Waals surface area contributed by atoms with Crippen molar-refractivity contribution >= 4 is 65.4 Å². The molecule has 8 aromatic carbocycles. The van der Waals surface area contributed by atoms with Gasteiger partial charge in [-0.15, -0.1) is 0 Å². The third kappa shape index (κ3) is 3.87. The number of hydrogen-bond donors (Lipinski definition) is 0. The van der Waals surface area contributed by atoms with E-state index in [-0.39, 0.29) is 0 Å². The third-order valence-corrected chi connectivity index (χ3v) is 10.1. The van der Waals surface area contributed by atoms with Gasteiger partial charge in [0.2, 0.25) is 0 Å². The number of aromatic nitrogens is 3. The second-order valence-corrected chi connectivity index (χ2v) is 13.0. The van der Waals surface area contributed by atoms with E-state index in [4.69, 9.17) is 14.4 Å². The predicted octanol–water partition coefficient (Wildman–Crippen LogP) is 12.2. The maximum absolute atomic E-state index is 6.58. The predicted molar refractivity (Wildman–Crippen MR) is 206 cm³/mol. The van der Waals surface area contributed by atoms with E-state index in [2.05, 4.69) is 132 Å². The minimum Gasteiger partial charge on any atom is -0.452 e. The van der Waals surface area contributed by atoms with Crippen molar-refractivity contribution in [2.45, 2.75) is 0 Å². The summed E-state index contributed by atoms with van der Waals surface area (Å²) in [6.45, 7) is 0. The lowest BCUT2D eigenvalue weighted by Gasteiger charge is -2.11. The number of furan rings is 1. The Morgan fingerprint density at radius 1 is 0.420 bits per heavy atom. The molecule has 0 saturated heterocycles. The third-order valence-electron chi connectivity index (χ3n) is 10.1. The molecule has 232 valence electrons. The summed E-state index contributed by atoms with van der Waals surface area (Å²) in [5.41, 5.74) is 10.8.